The van der Waals surface area contributed by atoms with Gasteiger partial charge in [-0.05, 0) is 18.2 Å². The Balaban J connectivity index is 1.56. The van der Waals surface area contributed by atoms with Crippen LogP contribution in [-0.2, 0) is 6.42 Å². The average molecular weight is 432 g/mol. The van der Waals surface area contributed by atoms with Gasteiger partial charge < -0.3 is 5.32 Å². The van der Waals surface area contributed by atoms with Gasteiger partial charge in [0.15, 0.2) is 0 Å². The van der Waals surface area contributed by atoms with Gasteiger partial charge in [0.05, 0.1) is 15.5 Å². The number of hydrogen-bond acceptors (Lipinski definition) is 7. The van der Waals surface area contributed by atoms with Crippen molar-refractivity contribution < 1.29 is 14.5 Å². The molecule has 3 rings (SSSR count). The third-order valence-corrected chi connectivity index (χ3v) is 5.00. The highest BCUT2D eigenvalue weighted by atomic mass is 35.5. The van der Waals surface area contributed by atoms with Gasteiger partial charge in [-0.2, -0.15) is 0 Å². The van der Waals surface area contributed by atoms with Gasteiger partial charge in [-0.3, -0.25) is 25.0 Å². The molecule has 0 spiro atoms. The van der Waals surface area contributed by atoms with Gasteiger partial charge in [0.25, 0.3) is 17.5 Å². The lowest BCUT2D eigenvalue weighted by Crippen LogP contribution is -2.25. The van der Waals surface area contributed by atoms with Crippen molar-refractivity contribution in [1.29, 1.82) is 0 Å². The minimum atomic E-state index is -0.646. The Hall–Kier alpha value is -3.37. The fourth-order valence-corrected chi connectivity index (χ4v) is 3.37. The van der Waals surface area contributed by atoms with Crippen LogP contribution < -0.4 is 10.6 Å². The summed E-state index contributed by atoms with van der Waals surface area (Å²) in [7, 11) is 0. The highest BCUT2D eigenvalue weighted by molar-refractivity contribution is 7.15. The Morgan fingerprint density at radius 1 is 1.03 bits per heavy atom. The second kappa shape index (κ2) is 9.22. The Labute approximate surface area is 173 Å². The van der Waals surface area contributed by atoms with Crippen molar-refractivity contribution in [2.24, 2.45) is 0 Å². The Kier molecular flexibility index (Phi) is 6.47. The predicted molar refractivity (Wildman–Crippen MR) is 108 cm³/mol. The molecule has 2 aromatic carbocycles. The number of nitro groups is 1. The second-order valence-electron chi connectivity index (χ2n) is 5.72. The van der Waals surface area contributed by atoms with Crippen LogP contribution in [0, 0.1) is 10.1 Å². The molecule has 0 unspecified atom stereocenters. The van der Waals surface area contributed by atoms with E-state index in [0.29, 0.717) is 28.6 Å². The zero-order valence-electron chi connectivity index (χ0n) is 14.8. The van der Waals surface area contributed by atoms with Crippen LogP contribution in [0.5, 0.6) is 0 Å². The van der Waals surface area contributed by atoms with Gasteiger partial charge >= 0.3 is 0 Å². The number of carbonyl (C=O) groups excluding carboxylic acids is 2. The number of amides is 2. The lowest BCUT2D eigenvalue weighted by Gasteiger charge is -2.05. The number of benzene rings is 2. The molecule has 9 nitrogen and oxygen atoms in total. The average Bonchev–Trinajstić information content (AvgIpc) is 3.15. The maximum atomic E-state index is 12.3. The van der Waals surface area contributed by atoms with Crippen LogP contribution in [0.2, 0.25) is 5.02 Å². The number of para-hydroxylation sites is 1. The number of hydrogen-bond donors (Lipinski definition) is 2. The van der Waals surface area contributed by atoms with Crippen LogP contribution in [0.15, 0.2) is 48.5 Å². The van der Waals surface area contributed by atoms with Crippen molar-refractivity contribution in [3.05, 3.63) is 79.8 Å². The third-order valence-electron chi connectivity index (χ3n) is 3.78. The fraction of sp³-hybridized carbons (Fsp3) is 0.111. The number of aromatic nitrogens is 2. The van der Waals surface area contributed by atoms with Crippen molar-refractivity contribution in [3.8, 4) is 0 Å². The molecule has 0 radical (unpaired) electrons. The van der Waals surface area contributed by atoms with E-state index >= 15 is 0 Å². The SMILES string of the molecule is O=C(NCCc1nnc(NC(=O)c2ccccc2[N+](=O)[O-])s1)c1ccccc1Cl. The standard InChI is InChI=1S/C18H14ClN5O4S/c19-13-7-3-1-5-11(13)16(25)20-10-9-15-22-23-18(29-15)21-17(26)12-6-2-4-8-14(12)24(27)28/h1-8H,9-10H2,(H,20,25)(H,21,23,26). The van der Waals surface area contributed by atoms with Gasteiger partial charge in [-0.1, -0.05) is 47.2 Å². The first-order valence-electron chi connectivity index (χ1n) is 8.35. The number of rotatable bonds is 7. The van der Waals surface area contributed by atoms with Gasteiger partial charge in [0, 0.05) is 19.0 Å². The number of carbonyl (C=O) groups is 2. The van der Waals surface area contributed by atoms with E-state index in [2.05, 4.69) is 20.8 Å². The summed E-state index contributed by atoms with van der Waals surface area (Å²) in [6.45, 7) is 0.302. The minimum absolute atomic E-state index is 0.0683. The molecule has 0 bridgehead atoms. The van der Waals surface area contributed by atoms with E-state index in [9.17, 15) is 19.7 Å². The smallest absolute Gasteiger partial charge is 0.282 e. The fourth-order valence-electron chi connectivity index (χ4n) is 2.42. The summed E-state index contributed by atoms with van der Waals surface area (Å²) in [6.07, 6.45) is 0.398. The minimum Gasteiger partial charge on any atom is -0.352 e. The Morgan fingerprint density at radius 2 is 1.72 bits per heavy atom. The number of nitro benzene ring substituents is 1. The van der Waals surface area contributed by atoms with Crippen LogP contribution >= 0.6 is 22.9 Å². The summed E-state index contributed by atoms with van der Waals surface area (Å²) >= 11 is 7.10. The highest BCUT2D eigenvalue weighted by Crippen LogP contribution is 2.21. The van der Waals surface area contributed by atoms with Crippen LogP contribution in [-0.4, -0.2) is 33.5 Å². The summed E-state index contributed by atoms with van der Waals surface area (Å²) in [5.74, 6) is -0.947. The second-order valence-corrected chi connectivity index (χ2v) is 7.18. The first-order chi connectivity index (χ1) is 14.0. The van der Waals surface area contributed by atoms with Crippen molar-refractivity contribution >= 4 is 45.6 Å². The normalized spacial score (nSPS) is 10.4. The molecule has 0 saturated heterocycles. The number of nitrogens with one attached hydrogen (secondary N) is 2. The van der Waals surface area contributed by atoms with E-state index in [4.69, 9.17) is 11.6 Å². The Bertz CT molecular complexity index is 1070. The third kappa shape index (κ3) is 5.12. The predicted octanol–water partition coefficient (Wildman–Crippen LogP) is 3.32. The molecule has 0 aliphatic heterocycles. The maximum absolute atomic E-state index is 12.3. The van der Waals surface area contributed by atoms with E-state index in [1.54, 1.807) is 24.3 Å². The lowest BCUT2D eigenvalue weighted by atomic mass is 10.1. The molecule has 2 N–H and O–H groups in total. The van der Waals surface area contributed by atoms with Crippen LogP contribution in [0.3, 0.4) is 0 Å². The molecule has 0 aliphatic rings. The molecular formula is C18H14ClN5O4S. The molecule has 0 fully saturated rings. The number of nitrogens with zero attached hydrogens (tertiary/aromatic N) is 3. The quantitative estimate of drug-likeness (QED) is 0.436. The lowest BCUT2D eigenvalue weighted by molar-refractivity contribution is -0.385. The number of anilines is 1. The maximum Gasteiger partial charge on any atom is 0.282 e. The molecule has 3 aromatic rings. The molecule has 0 atom stereocenters. The van der Waals surface area contributed by atoms with Crippen LogP contribution in [0.4, 0.5) is 10.8 Å². The summed E-state index contributed by atoms with van der Waals surface area (Å²) < 4.78 is 0. The van der Waals surface area contributed by atoms with Gasteiger partial charge in [-0.25, -0.2) is 0 Å². The molecule has 0 aliphatic carbocycles. The molecule has 0 saturated carbocycles. The van der Waals surface area contributed by atoms with E-state index in [-0.39, 0.29) is 22.3 Å². The van der Waals surface area contributed by atoms with Crippen LogP contribution in [0.1, 0.15) is 25.7 Å². The molecule has 1 aromatic heterocycles. The highest BCUT2D eigenvalue weighted by Gasteiger charge is 2.20. The summed E-state index contributed by atoms with van der Waals surface area (Å²) in [6, 6.07) is 12.3. The first-order valence-corrected chi connectivity index (χ1v) is 9.55. The molecule has 2 amide bonds. The zero-order chi connectivity index (χ0) is 20.8. The molecule has 11 heteroatoms. The van der Waals surface area contributed by atoms with Crippen LogP contribution in [0.25, 0.3) is 0 Å². The largest absolute Gasteiger partial charge is 0.352 e. The van der Waals surface area contributed by atoms with Crippen molar-refractivity contribution in [3.63, 3.8) is 0 Å². The summed E-state index contributed by atoms with van der Waals surface area (Å²) in [5, 5.41) is 25.2. The first kappa shape index (κ1) is 20.4. The molecular weight excluding hydrogens is 418 g/mol. The van der Waals surface area contributed by atoms with E-state index in [0.717, 1.165) is 11.3 Å². The van der Waals surface area contributed by atoms with E-state index in [1.165, 1.54) is 24.3 Å². The molecule has 29 heavy (non-hydrogen) atoms. The van der Waals surface area contributed by atoms with Gasteiger partial charge in [0.1, 0.15) is 10.6 Å². The van der Waals surface area contributed by atoms with Crippen molar-refractivity contribution in [1.82, 2.24) is 15.5 Å². The Morgan fingerprint density at radius 3 is 2.45 bits per heavy atom. The van der Waals surface area contributed by atoms with E-state index in [1.807, 2.05) is 0 Å². The van der Waals surface area contributed by atoms with Gasteiger partial charge in [0.2, 0.25) is 5.13 Å². The topological polar surface area (TPSA) is 127 Å². The summed E-state index contributed by atoms with van der Waals surface area (Å²) in [5.41, 5.74) is 0.0158. The van der Waals surface area contributed by atoms with Crippen molar-refractivity contribution in [2.45, 2.75) is 6.42 Å². The summed E-state index contributed by atoms with van der Waals surface area (Å²) in [4.78, 5) is 34.8. The van der Waals surface area contributed by atoms with Gasteiger partial charge in [-0.15, -0.1) is 10.2 Å². The zero-order valence-corrected chi connectivity index (χ0v) is 16.4. The number of halogens is 1. The molecule has 1 heterocycles. The van der Waals surface area contributed by atoms with Crippen molar-refractivity contribution in [2.75, 3.05) is 11.9 Å². The monoisotopic (exact) mass is 431 g/mol. The van der Waals surface area contributed by atoms with E-state index < -0.39 is 10.8 Å². The molecule has 148 valence electrons.